The summed E-state index contributed by atoms with van der Waals surface area (Å²) in [6.45, 7) is 2.14. The lowest BCUT2D eigenvalue weighted by Gasteiger charge is -2.44. The highest BCUT2D eigenvalue weighted by Crippen LogP contribution is 2.36. The monoisotopic (exact) mass is 434 g/mol. The second kappa shape index (κ2) is 8.44. The first-order valence-electron chi connectivity index (χ1n) is 10.0. The Kier molecular flexibility index (Phi) is 5.70. The highest BCUT2D eigenvalue weighted by molar-refractivity contribution is 6.31. The van der Waals surface area contributed by atoms with Crippen molar-refractivity contribution >= 4 is 29.1 Å². The second-order valence-corrected chi connectivity index (χ2v) is 8.20. The van der Waals surface area contributed by atoms with Gasteiger partial charge in [-0.3, -0.25) is 14.5 Å². The molecule has 1 aliphatic rings. The van der Waals surface area contributed by atoms with E-state index in [-0.39, 0.29) is 11.8 Å². The van der Waals surface area contributed by atoms with Crippen LogP contribution in [0.25, 0.3) is 0 Å². The third-order valence-electron chi connectivity index (χ3n) is 5.65. The van der Waals surface area contributed by atoms with E-state index < -0.39 is 5.54 Å². The van der Waals surface area contributed by atoms with Crippen molar-refractivity contribution in [3.63, 3.8) is 0 Å². The zero-order chi connectivity index (χ0) is 22.0. The van der Waals surface area contributed by atoms with E-state index in [0.717, 1.165) is 16.9 Å². The number of ether oxygens (including phenoxy) is 1. The Hall–Kier alpha value is -3.31. The molecule has 1 heterocycles. The molecular weight excluding hydrogens is 412 g/mol. The molecule has 0 fully saturated rings. The molecule has 1 aliphatic heterocycles. The lowest BCUT2D eigenvalue weighted by molar-refractivity contribution is -0.126. The predicted molar refractivity (Wildman–Crippen MR) is 122 cm³/mol. The highest BCUT2D eigenvalue weighted by Gasteiger charge is 2.47. The first-order chi connectivity index (χ1) is 14.9. The van der Waals surface area contributed by atoms with Crippen molar-refractivity contribution in [1.82, 2.24) is 5.32 Å². The molecule has 2 amide bonds. The van der Waals surface area contributed by atoms with Gasteiger partial charge in [-0.1, -0.05) is 48.0 Å². The van der Waals surface area contributed by atoms with E-state index >= 15 is 0 Å². The number of amides is 2. The molecule has 6 heteroatoms. The predicted octanol–water partition coefficient (Wildman–Crippen LogP) is 4.63. The summed E-state index contributed by atoms with van der Waals surface area (Å²) in [5.74, 6) is 0.306. The Morgan fingerprint density at radius 2 is 1.84 bits per heavy atom. The molecule has 0 saturated heterocycles. The molecule has 4 rings (SSSR count). The van der Waals surface area contributed by atoms with Crippen molar-refractivity contribution in [3.05, 3.63) is 94.5 Å². The van der Waals surface area contributed by atoms with Crippen molar-refractivity contribution in [1.29, 1.82) is 0 Å². The van der Waals surface area contributed by atoms with Gasteiger partial charge in [-0.05, 0) is 54.4 Å². The number of carbonyl (C=O) groups excluding carboxylic acids is 2. The number of hydrogen-bond donors (Lipinski definition) is 1. The summed E-state index contributed by atoms with van der Waals surface area (Å²) in [4.78, 5) is 28.5. The fourth-order valence-electron chi connectivity index (χ4n) is 3.99. The van der Waals surface area contributed by atoms with Gasteiger partial charge in [0.25, 0.3) is 5.91 Å². The maximum absolute atomic E-state index is 13.5. The number of fused-ring (bicyclic) bond motifs is 1. The summed E-state index contributed by atoms with van der Waals surface area (Å²) < 4.78 is 5.18. The van der Waals surface area contributed by atoms with Crippen LogP contribution in [0, 0.1) is 0 Å². The summed E-state index contributed by atoms with van der Waals surface area (Å²) in [6, 6.07) is 21.9. The zero-order valence-corrected chi connectivity index (χ0v) is 18.1. The van der Waals surface area contributed by atoms with Gasteiger partial charge in [-0.2, -0.15) is 0 Å². The fourth-order valence-corrected chi connectivity index (χ4v) is 4.18. The van der Waals surface area contributed by atoms with Crippen LogP contribution in [-0.4, -0.2) is 24.5 Å². The largest absolute Gasteiger partial charge is 0.497 e. The van der Waals surface area contributed by atoms with Crippen molar-refractivity contribution in [2.75, 3.05) is 12.0 Å². The number of carbonyl (C=O) groups is 2. The van der Waals surface area contributed by atoms with Gasteiger partial charge < -0.3 is 10.1 Å². The molecule has 0 spiro atoms. The maximum Gasteiger partial charge on any atom is 0.259 e. The summed E-state index contributed by atoms with van der Waals surface area (Å²) in [7, 11) is 1.61. The summed E-state index contributed by atoms with van der Waals surface area (Å²) >= 11 is 6.20. The van der Waals surface area contributed by atoms with Crippen LogP contribution in [0.4, 0.5) is 5.69 Å². The van der Waals surface area contributed by atoms with Gasteiger partial charge >= 0.3 is 0 Å². The summed E-state index contributed by atoms with van der Waals surface area (Å²) in [5, 5.41) is 3.51. The molecule has 1 N–H and O–H groups in total. The molecule has 1 atom stereocenters. The molecular formula is C25H23ClN2O3. The number of nitrogens with zero attached hydrogens (tertiary/aromatic N) is 1. The number of benzene rings is 3. The van der Waals surface area contributed by atoms with Crippen LogP contribution < -0.4 is 15.0 Å². The van der Waals surface area contributed by atoms with Crippen molar-refractivity contribution in [3.8, 4) is 5.75 Å². The van der Waals surface area contributed by atoms with E-state index in [1.165, 1.54) is 0 Å². The van der Waals surface area contributed by atoms with Crippen LogP contribution >= 0.6 is 11.6 Å². The number of nitrogens with one attached hydrogen (secondary N) is 1. The number of rotatable bonds is 5. The molecule has 0 aromatic heterocycles. The molecule has 0 aliphatic carbocycles. The lowest BCUT2D eigenvalue weighted by Crippen LogP contribution is -2.63. The van der Waals surface area contributed by atoms with Gasteiger partial charge in [-0.25, -0.2) is 0 Å². The van der Waals surface area contributed by atoms with E-state index in [1.807, 2.05) is 42.5 Å². The van der Waals surface area contributed by atoms with E-state index in [9.17, 15) is 9.59 Å². The van der Waals surface area contributed by atoms with Gasteiger partial charge in [-0.15, -0.1) is 0 Å². The topological polar surface area (TPSA) is 58.6 Å². The molecule has 0 saturated carbocycles. The van der Waals surface area contributed by atoms with Crippen LogP contribution in [0.5, 0.6) is 5.75 Å². The Bertz CT molecular complexity index is 1130. The van der Waals surface area contributed by atoms with Crippen LogP contribution in [0.15, 0.2) is 72.8 Å². The second-order valence-electron chi connectivity index (χ2n) is 7.76. The third-order valence-corrected chi connectivity index (χ3v) is 5.88. The minimum absolute atomic E-state index is 0.216. The minimum Gasteiger partial charge on any atom is -0.497 e. The summed E-state index contributed by atoms with van der Waals surface area (Å²) in [6.07, 6.45) is 0.399. The SMILES string of the molecule is COc1ccc(CNC(=O)C2(C)Cc3ccccc3C(=O)N2c2cccc(Cl)c2)cc1. The Balaban J connectivity index is 1.67. The minimum atomic E-state index is -1.11. The molecule has 31 heavy (non-hydrogen) atoms. The Morgan fingerprint density at radius 1 is 1.10 bits per heavy atom. The fraction of sp³-hybridized carbons (Fsp3) is 0.200. The molecule has 0 bridgehead atoms. The molecule has 0 radical (unpaired) electrons. The maximum atomic E-state index is 13.5. The zero-order valence-electron chi connectivity index (χ0n) is 17.4. The van der Waals surface area contributed by atoms with Crippen molar-refractivity contribution in [2.24, 2.45) is 0 Å². The molecule has 1 unspecified atom stereocenters. The van der Waals surface area contributed by atoms with Crippen molar-refractivity contribution < 1.29 is 14.3 Å². The van der Waals surface area contributed by atoms with Gasteiger partial charge in [0.05, 0.1) is 7.11 Å². The Morgan fingerprint density at radius 3 is 2.55 bits per heavy atom. The number of halogens is 1. The van der Waals surface area contributed by atoms with Crippen LogP contribution in [-0.2, 0) is 17.8 Å². The van der Waals surface area contributed by atoms with Gasteiger partial charge in [0.15, 0.2) is 0 Å². The number of methoxy groups -OCH3 is 1. The van der Waals surface area contributed by atoms with Gasteiger partial charge in [0.1, 0.15) is 11.3 Å². The molecule has 158 valence electrons. The lowest BCUT2D eigenvalue weighted by atomic mass is 9.82. The van der Waals surface area contributed by atoms with E-state index in [1.54, 1.807) is 49.3 Å². The normalized spacial score (nSPS) is 17.8. The van der Waals surface area contributed by atoms with Crippen LogP contribution in [0.3, 0.4) is 0 Å². The highest BCUT2D eigenvalue weighted by atomic mass is 35.5. The first-order valence-corrected chi connectivity index (χ1v) is 10.4. The van der Waals surface area contributed by atoms with Gasteiger partial charge in [0.2, 0.25) is 5.91 Å². The average Bonchev–Trinajstić information content (AvgIpc) is 2.78. The number of anilines is 1. The number of hydrogen-bond acceptors (Lipinski definition) is 3. The molecule has 3 aromatic rings. The quantitative estimate of drug-likeness (QED) is 0.637. The van der Waals surface area contributed by atoms with E-state index in [4.69, 9.17) is 16.3 Å². The Labute approximate surface area is 186 Å². The first kappa shape index (κ1) is 20.9. The third kappa shape index (κ3) is 4.01. The molecule has 5 nitrogen and oxygen atoms in total. The van der Waals surface area contributed by atoms with Gasteiger partial charge in [0, 0.05) is 29.2 Å². The van der Waals surface area contributed by atoms with Crippen LogP contribution in [0.1, 0.15) is 28.4 Å². The van der Waals surface area contributed by atoms with Crippen molar-refractivity contribution in [2.45, 2.75) is 25.4 Å². The molecule has 3 aromatic carbocycles. The van der Waals surface area contributed by atoms with Crippen LogP contribution in [0.2, 0.25) is 5.02 Å². The smallest absolute Gasteiger partial charge is 0.259 e. The average molecular weight is 435 g/mol. The summed E-state index contributed by atoms with van der Waals surface area (Å²) in [5.41, 5.74) is 1.88. The standard InChI is InChI=1S/C25H23ClN2O3/c1-25(24(30)27-16-17-10-12-21(31-2)13-11-17)15-18-6-3-4-9-22(18)23(29)28(25)20-8-5-7-19(26)14-20/h3-14H,15-16H2,1-2H3,(H,27,30). The van der Waals surface area contributed by atoms with E-state index in [0.29, 0.717) is 29.2 Å². The van der Waals surface area contributed by atoms with E-state index in [2.05, 4.69) is 5.32 Å².